The van der Waals surface area contributed by atoms with Crippen molar-refractivity contribution in [2.45, 2.75) is 13.3 Å². The van der Waals surface area contributed by atoms with Crippen molar-refractivity contribution in [2.24, 2.45) is 0 Å². The van der Waals surface area contributed by atoms with Crippen LogP contribution < -0.4 is 0 Å². The molecule has 0 radical (unpaired) electrons. The first-order valence-electron chi connectivity index (χ1n) is 2.02. The van der Waals surface area contributed by atoms with Crippen LogP contribution in [0.25, 0.3) is 0 Å². The zero-order valence-electron chi connectivity index (χ0n) is 3.85. The van der Waals surface area contributed by atoms with E-state index in [1.807, 2.05) is 11.0 Å². The van der Waals surface area contributed by atoms with Crippen LogP contribution >= 0.6 is 0 Å². The van der Waals surface area contributed by atoms with E-state index in [1.54, 1.807) is 0 Å². The van der Waals surface area contributed by atoms with Crippen molar-refractivity contribution >= 4 is 4.88 Å². The Morgan fingerprint density at radius 1 is 1.67 bits per heavy atom. The molecule has 0 aromatic heterocycles. The van der Waals surface area contributed by atoms with Gasteiger partial charge in [-0.15, -0.1) is 0 Å². The number of rotatable bonds is 2. The van der Waals surface area contributed by atoms with Gasteiger partial charge < -0.3 is 0 Å². The van der Waals surface area contributed by atoms with Crippen molar-refractivity contribution in [1.82, 2.24) is 0 Å². The zero-order chi connectivity index (χ0) is 4.83. The summed E-state index contributed by atoms with van der Waals surface area (Å²) in [6.07, 6.45) is 5.22. The Kier molecular flexibility index (Phi) is 5.26. The Bertz CT molecular complexity index is 55.0. The average molecular weight is 120 g/mol. The Balaban J connectivity index is 2.94. The molecular formula is C5H8Cr. The van der Waals surface area contributed by atoms with Gasteiger partial charge in [-0.1, -0.05) is 0 Å². The summed E-state index contributed by atoms with van der Waals surface area (Å²) in [5.74, 6) is 0. The second kappa shape index (κ2) is 5.14. The van der Waals surface area contributed by atoms with Crippen LogP contribution in [0.15, 0.2) is 12.2 Å². The molecule has 6 heavy (non-hydrogen) atoms. The van der Waals surface area contributed by atoms with E-state index in [-0.39, 0.29) is 0 Å². The molecule has 0 atom stereocenters. The second-order valence-electron chi connectivity index (χ2n) is 0.972. The van der Waals surface area contributed by atoms with Crippen LogP contribution in [0.2, 0.25) is 0 Å². The molecule has 0 nitrogen and oxygen atoms in total. The fraction of sp³-hybridized carbons (Fsp3) is 0.400. The van der Waals surface area contributed by atoms with Crippen molar-refractivity contribution in [3.8, 4) is 0 Å². The summed E-state index contributed by atoms with van der Waals surface area (Å²) in [4.78, 5) is 1.91. The Labute approximate surface area is 46.8 Å². The van der Waals surface area contributed by atoms with Gasteiger partial charge in [-0.25, -0.2) is 0 Å². The van der Waals surface area contributed by atoms with E-state index >= 15 is 0 Å². The quantitative estimate of drug-likeness (QED) is 0.515. The summed E-state index contributed by atoms with van der Waals surface area (Å²) < 4.78 is 0. The molecule has 0 N–H and O–H groups in total. The number of allylic oxidation sites excluding steroid dienone is 2. The van der Waals surface area contributed by atoms with Crippen LogP contribution in [0.1, 0.15) is 13.3 Å². The predicted molar refractivity (Wildman–Crippen MR) is 25.5 cm³/mol. The first-order valence-corrected chi connectivity index (χ1v) is 2.75. The minimum atomic E-state index is 1.12. The molecule has 0 fully saturated rings. The summed E-state index contributed by atoms with van der Waals surface area (Å²) in [7, 11) is 0. The molecule has 0 bridgehead atoms. The van der Waals surface area contributed by atoms with E-state index in [0.29, 0.717) is 0 Å². The third-order valence-electron chi connectivity index (χ3n) is 0.450. The fourth-order valence-electron chi connectivity index (χ4n) is 0.192. The standard InChI is InChI=1S/C5H8.Cr/c1-3-5-4-2;/h1,3,5H,4H2,2H3;/b5-3-;. The van der Waals surface area contributed by atoms with E-state index in [0.717, 1.165) is 6.42 Å². The Morgan fingerprint density at radius 3 is 2.50 bits per heavy atom. The summed E-state index contributed by atoms with van der Waals surface area (Å²) in [5.41, 5.74) is 0. The molecular weight excluding hydrogens is 112 g/mol. The van der Waals surface area contributed by atoms with Crippen molar-refractivity contribution < 1.29 is 15.9 Å². The van der Waals surface area contributed by atoms with Crippen molar-refractivity contribution in [3.05, 3.63) is 12.2 Å². The van der Waals surface area contributed by atoms with Gasteiger partial charge in [0.15, 0.2) is 0 Å². The van der Waals surface area contributed by atoms with E-state index in [9.17, 15) is 0 Å². The van der Waals surface area contributed by atoms with E-state index in [2.05, 4.69) is 28.9 Å². The van der Waals surface area contributed by atoms with Crippen molar-refractivity contribution in [2.75, 3.05) is 0 Å². The number of hydrogen-bond donors (Lipinski definition) is 0. The molecule has 0 rings (SSSR count). The van der Waals surface area contributed by atoms with Crippen LogP contribution in [0.3, 0.4) is 0 Å². The van der Waals surface area contributed by atoms with Gasteiger partial charge in [0.2, 0.25) is 0 Å². The average Bonchev–Trinajstić information content (AvgIpc) is 1.61. The molecule has 0 amide bonds. The van der Waals surface area contributed by atoms with Gasteiger partial charge in [-0.3, -0.25) is 0 Å². The van der Waals surface area contributed by atoms with Gasteiger partial charge in [-0.2, -0.15) is 0 Å². The third kappa shape index (κ3) is 4.14. The van der Waals surface area contributed by atoms with E-state index in [1.165, 1.54) is 0 Å². The SMILES string of the molecule is CC/C=C\[CH]=[Cr]. The third-order valence-corrected chi connectivity index (χ3v) is 0.696. The van der Waals surface area contributed by atoms with Crippen LogP contribution in [0.5, 0.6) is 0 Å². The molecule has 1 heteroatoms. The molecule has 0 spiro atoms. The van der Waals surface area contributed by atoms with Gasteiger partial charge in [0.25, 0.3) is 0 Å². The van der Waals surface area contributed by atoms with Gasteiger partial charge in [0.1, 0.15) is 0 Å². The minimum absolute atomic E-state index is 1.12. The molecule has 34 valence electrons. The fourth-order valence-corrected chi connectivity index (χ4v) is 0.365. The molecule has 0 aliphatic heterocycles. The van der Waals surface area contributed by atoms with Crippen LogP contribution in [0, 0.1) is 0 Å². The second-order valence-corrected chi connectivity index (χ2v) is 1.40. The molecule has 0 saturated carbocycles. The molecule has 0 unspecified atom stereocenters. The van der Waals surface area contributed by atoms with Gasteiger partial charge >= 0.3 is 46.2 Å². The first-order chi connectivity index (χ1) is 2.91. The normalized spacial score (nSPS) is 9.50. The van der Waals surface area contributed by atoms with Crippen LogP contribution in [-0.4, -0.2) is 4.88 Å². The van der Waals surface area contributed by atoms with E-state index < -0.39 is 0 Å². The van der Waals surface area contributed by atoms with Crippen molar-refractivity contribution in [1.29, 1.82) is 0 Å². The van der Waals surface area contributed by atoms with E-state index in [4.69, 9.17) is 0 Å². The summed E-state index contributed by atoms with van der Waals surface area (Å²) in [5, 5.41) is 0. The Hall–Kier alpha value is 0.142. The summed E-state index contributed by atoms with van der Waals surface area (Å²) >= 11 is 2.77. The predicted octanol–water partition coefficient (Wildman–Crippen LogP) is 1.30. The van der Waals surface area contributed by atoms with Gasteiger partial charge in [0, 0.05) is 0 Å². The topological polar surface area (TPSA) is 0 Å². The summed E-state index contributed by atoms with van der Waals surface area (Å²) in [6.45, 7) is 2.11. The molecule has 0 aromatic rings. The maximum atomic E-state index is 2.77. The molecule has 0 aliphatic rings. The molecule has 0 aliphatic carbocycles. The maximum absolute atomic E-state index is 2.77. The zero-order valence-corrected chi connectivity index (χ0v) is 5.12. The summed E-state index contributed by atoms with van der Waals surface area (Å²) in [6, 6.07) is 0. The van der Waals surface area contributed by atoms with Crippen molar-refractivity contribution in [3.63, 3.8) is 0 Å². The number of hydrogen-bond acceptors (Lipinski definition) is 0. The van der Waals surface area contributed by atoms with Gasteiger partial charge in [0.05, 0.1) is 0 Å². The molecule has 0 saturated heterocycles. The monoisotopic (exact) mass is 120 g/mol. The van der Waals surface area contributed by atoms with Crippen LogP contribution in [0.4, 0.5) is 0 Å². The van der Waals surface area contributed by atoms with Gasteiger partial charge in [-0.05, 0) is 0 Å². The van der Waals surface area contributed by atoms with Crippen LogP contribution in [-0.2, 0) is 15.9 Å². The molecule has 0 heterocycles. The Morgan fingerprint density at radius 2 is 2.33 bits per heavy atom. The molecule has 0 aromatic carbocycles. The first kappa shape index (κ1) is 6.14.